The summed E-state index contributed by atoms with van der Waals surface area (Å²) in [6.45, 7) is 13.2. The first-order chi connectivity index (χ1) is 24.9. The van der Waals surface area contributed by atoms with E-state index < -0.39 is 29.9 Å². The molecule has 0 aliphatic carbocycles. The number of ketones is 1. The number of fused-ring (bicyclic) bond motifs is 1. The first-order valence-electron chi connectivity index (χ1n) is 17.6. The van der Waals surface area contributed by atoms with E-state index in [4.69, 9.17) is 14.2 Å². The minimum absolute atomic E-state index is 0.129. The molecule has 0 bridgehead atoms. The van der Waals surface area contributed by atoms with E-state index in [1.165, 1.54) is 16.3 Å². The molecule has 2 atom stereocenters. The standard InChI is InChI=1S/C39H52N6O6S/c1-8-49-37(50-9-2)27(3)45(24-30-14-10-13-28-15-11-21-40-35(28)30)25-33(36(47)29-17-19-31(20-18-29)51-39(4,5)6)42-34(46)26-44(7)43-38(48)41-23-32-16-12-22-52-32/h10-22,27,33,37H,8-9,23-26H2,1-7H3,(H,42,46)(H2,41,43,48)/t27-,33-/m0/s1. The maximum atomic E-state index is 14.3. The van der Waals surface area contributed by atoms with Crippen LogP contribution in [0.3, 0.4) is 0 Å². The molecule has 0 fully saturated rings. The Morgan fingerprint density at radius 1 is 0.942 bits per heavy atom. The van der Waals surface area contributed by atoms with Gasteiger partial charge in [0, 0.05) is 55.4 Å². The summed E-state index contributed by atoms with van der Waals surface area (Å²) in [7, 11) is 1.59. The molecule has 0 saturated heterocycles. The SMILES string of the molecule is CCOC(OCC)[C@H](C)N(Cc1cccc2cccnc12)C[C@H](NC(=O)CN(C)NC(=O)NCc1cccs1)C(=O)c1ccc(OC(C)(C)C)cc1. The van der Waals surface area contributed by atoms with E-state index in [-0.39, 0.29) is 24.9 Å². The predicted octanol–water partition coefficient (Wildman–Crippen LogP) is 5.78. The molecule has 2 heterocycles. The number of pyridine rings is 1. The fourth-order valence-electron chi connectivity index (χ4n) is 5.67. The zero-order valence-electron chi connectivity index (χ0n) is 31.2. The number of urea groups is 1. The van der Waals surface area contributed by atoms with E-state index in [1.807, 2.05) is 89.4 Å². The number of likely N-dealkylation sites (N-methyl/N-ethyl adjacent to an activating group) is 1. The number of hydrogen-bond acceptors (Lipinski definition) is 10. The summed E-state index contributed by atoms with van der Waals surface area (Å²) in [6.07, 6.45) is 1.16. The molecule has 12 nitrogen and oxygen atoms in total. The molecule has 4 rings (SSSR count). The summed E-state index contributed by atoms with van der Waals surface area (Å²) in [5.41, 5.74) is 4.47. The van der Waals surface area contributed by atoms with Crippen LogP contribution < -0.4 is 20.8 Å². The van der Waals surface area contributed by atoms with Gasteiger partial charge in [0.05, 0.1) is 24.6 Å². The van der Waals surface area contributed by atoms with Gasteiger partial charge in [-0.25, -0.2) is 9.80 Å². The normalized spacial score (nSPS) is 13.0. The molecule has 0 aliphatic heterocycles. The Morgan fingerprint density at radius 3 is 2.31 bits per heavy atom. The number of Topliss-reactive ketones (excluding diaryl/α,β-unsaturated/α-hetero) is 1. The number of nitrogens with zero attached hydrogens (tertiary/aromatic N) is 3. The first-order valence-corrected chi connectivity index (χ1v) is 18.4. The maximum absolute atomic E-state index is 14.3. The van der Waals surface area contributed by atoms with Crippen LogP contribution in [0.15, 0.2) is 78.3 Å². The number of aromatic nitrogens is 1. The summed E-state index contributed by atoms with van der Waals surface area (Å²) < 4.78 is 18.0. The molecular formula is C39H52N6O6S. The zero-order chi connectivity index (χ0) is 37.7. The molecule has 3 amide bonds. The second-order valence-corrected chi connectivity index (χ2v) is 14.4. The summed E-state index contributed by atoms with van der Waals surface area (Å²) in [4.78, 5) is 48.2. The highest BCUT2D eigenvalue weighted by atomic mass is 32.1. The molecule has 0 radical (unpaired) electrons. The van der Waals surface area contributed by atoms with Gasteiger partial charge in [-0.2, -0.15) is 0 Å². The number of hydrazine groups is 1. The van der Waals surface area contributed by atoms with Gasteiger partial charge in [0.25, 0.3) is 0 Å². The average Bonchev–Trinajstić information content (AvgIpc) is 3.63. The number of ether oxygens (including phenoxy) is 3. The third-order valence-corrected chi connectivity index (χ3v) is 8.91. The van der Waals surface area contributed by atoms with Crippen LogP contribution >= 0.6 is 11.3 Å². The van der Waals surface area contributed by atoms with Crippen molar-refractivity contribution in [3.8, 4) is 5.75 Å². The van der Waals surface area contributed by atoms with E-state index in [9.17, 15) is 14.4 Å². The quantitative estimate of drug-likeness (QED) is 0.0624. The van der Waals surface area contributed by atoms with Crippen LogP contribution in [0.1, 0.15) is 62.3 Å². The molecule has 2 aromatic heterocycles. The molecule has 0 spiro atoms. The lowest BCUT2D eigenvalue weighted by atomic mass is 10.0. The maximum Gasteiger partial charge on any atom is 0.329 e. The van der Waals surface area contributed by atoms with Crippen LogP contribution in [0.5, 0.6) is 5.75 Å². The molecule has 3 N–H and O–H groups in total. The number of rotatable bonds is 19. The van der Waals surface area contributed by atoms with Crippen LogP contribution in [0.2, 0.25) is 0 Å². The van der Waals surface area contributed by atoms with Crippen LogP contribution in [-0.4, -0.2) is 89.9 Å². The van der Waals surface area contributed by atoms with Crippen molar-refractivity contribution in [2.45, 2.75) is 78.6 Å². The molecule has 52 heavy (non-hydrogen) atoms. The van der Waals surface area contributed by atoms with Crippen molar-refractivity contribution in [2.75, 3.05) is 33.4 Å². The minimum Gasteiger partial charge on any atom is -0.488 e. The average molecular weight is 733 g/mol. The smallest absolute Gasteiger partial charge is 0.329 e. The van der Waals surface area contributed by atoms with E-state index in [0.717, 1.165) is 21.3 Å². The number of hydrogen-bond donors (Lipinski definition) is 3. The number of amides is 3. The monoisotopic (exact) mass is 732 g/mol. The van der Waals surface area contributed by atoms with Crippen LogP contribution in [0.25, 0.3) is 10.9 Å². The van der Waals surface area contributed by atoms with Crippen LogP contribution in [0, 0.1) is 0 Å². The molecule has 4 aromatic rings. The lowest BCUT2D eigenvalue weighted by molar-refractivity contribution is -0.172. The lowest BCUT2D eigenvalue weighted by Gasteiger charge is -2.36. The summed E-state index contributed by atoms with van der Waals surface area (Å²) in [5.74, 6) is -0.0973. The van der Waals surface area contributed by atoms with E-state index >= 15 is 0 Å². The Hall–Kier alpha value is -4.40. The number of nitrogens with one attached hydrogen (secondary N) is 3. The topological polar surface area (TPSA) is 134 Å². The minimum atomic E-state index is -0.975. The Morgan fingerprint density at radius 2 is 1.65 bits per heavy atom. The molecule has 280 valence electrons. The molecule has 0 unspecified atom stereocenters. The molecule has 0 aliphatic rings. The molecule has 13 heteroatoms. The first kappa shape index (κ1) is 40.4. The van der Waals surface area contributed by atoms with Crippen molar-refractivity contribution < 1.29 is 28.6 Å². The third kappa shape index (κ3) is 12.4. The Balaban J connectivity index is 1.60. The van der Waals surface area contributed by atoms with Crippen molar-refractivity contribution in [2.24, 2.45) is 0 Å². The number of para-hydroxylation sites is 1. The lowest BCUT2D eigenvalue weighted by Crippen LogP contribution is -2.55. The van der Waals surface area contributed by atoms with Gasteiger partial charge in [-0.1, -0.05) is 30.3 Å². The van der Waals surface area contributed by atoms with Crippen molar-refractivity contribution in [3.63, 3.8) is 0 Å². The number of carbonyl (C=O) groups is 3. The van der Waals surface area contributed by atoms with Gasteiger partial charge < -0.3 is 24.8 Å². The van der Waals surface area contributed by atoms with Gasteiger partial charge in [-0.15, -0.1) is 11.3 Å². The van der Waals surface area contributed by atoms with Gasteiger partial charge in [-0.05, 0) is 88.9 Å². The number of thiophene rings is 1. The molecule has 0 saturated carbocycles. The predicted molar refractivity (Wildman–Crippen MR) is 204 cm³/mol. The third-order valence-electron chi connectivity index (χ3n) is 8.03. The van der Waals surface area contributed by atoms with Crippen molar-refractivity contribution in [1.29, 1.82) is 0 Å². The zero-order valence-corrected chi connectivity index (χ0v) is 32.0. The highest BCUT2D eigenvalue weighted by Crippen LogP contribution is 2.23. The number of benzene rings is 2. The van der Waals surface area contributed by atoms with E-state index in [0.29, 0.717) is 37.6 Å². The van der Waals surface area contributed by atoms with Gasteiger partial charge >= 0.3 is 6.03 Å². The summed E-state index contributed by atoms with van der Waals surface area (Å²) in [5, 5.41) is 10.1. The Kier molecular flexibility index (Phi) is 15.1. The molecule has 2 aromatic carbocycles. The fourth-order valence-corrected chi connectivity index (χ4v) is 6.32. The Bertz CT molecular complexity index is 1720. The highest BCUT2D eigenvalue weighted by Gasteiger charge is 2.32. The van der Waals surface area contributed by atoms with Gasteiger partial charge in [0.15, 0.2) is 12.1 Å². The second-order valence-electron chi connectivity index (χ2n) is 13.4. The number of carbonyl (C=O) groups excluding carboxylic acids is 3. The van der Waals surface area contributed by atoms with Crippen molar-refractivity contribution in [1.82, 2.24) is 31.0 Å². The van der Waals surface area contributed by atoms with Gasteiger partial charge in [0.2, 0.25) is 5.91 Å². The van der Waals surface area contributed by atoms with E-state index in [1.54, 1.807) is 37.5 Å². The summed E-state index contributed by atoms with van der Waals surface area (Å²) in [6, 6.07) is 18.9. The molecular weight excluding hydrogens is 681 g/mol. The van der Waals surface area contributed by atoms with Gasteiger partial charge in [-0.3, -0.25) is 24.9 Å². The van der Waals surface area contributed by atoms with Crippen LogP contribution in [-0.2, 0) is 27.4 Å². The second kappa shape index (κ2) is 19.4. The fraction of sp³-hybridized carbons (Fsp3) is 0.436. The summed E-state index contributed by atoms with van der Waals surface area (Å²) >= 11 is 1.54. The Labute approximate surface area is 310 Å². The largest absolute Gasteiger partial charge is 0.488 e. The highest BCUT2D eigenvalue weighted by molar-refractivity contribution is 7.09. The van der Waals surface area contributed by atoms with Crippen molar-refractivity contribution >= 4 is 40.0 Å². The van der Waals surface area contributed by atoms with Crippen LogP contribution in [0.4, 0.5) is 4.79 Å². The van der Waals surface area contributed by atoms with Gasteiger partial charge in [0.1, 0.15) is 17.4 Å². The van der Waals surface area contributed by atoms with E-state index in [2.05, 4.69) is 25.9 Å². The van der Waals surface area contributed by atoms with Crippen molar-refractivity contribution in [3.05, 3.63) is 94.3 Å².